The summed E-state index contributed by atoms with van der Waals surface area (Å²) >= 11 is 3.34. The number of nitrogens with one attached hydrogen (secondary N) is 1. The summed E-state index contributed by atoms with van der Waals surface area (Å²) in [5.41, 5.74) is 0.278. The molecule has 0 bridgehead atoms. The van der Waals surface area contributed by atoms with Crippen molar-refractivity contribution in [1.82, 2.24) is 5.32 Å². The zero-order valence-electron chi connectivity index (χ0n) is 10.1. The zero-order chi connectivity index (χ0) is 13.1. The minimum Gasteiger partial charge on any atom is -0.336 e. The predicted molar refractivity (Wildman–Crippen MR) is 70.1 cm³/mol. The standard InChI is InChI=1S/C13H15BrN2O/c1-13(2,3)12(17)16-11(8-15)9-5-4-6-10(14)7-9/h4-7,11H,1-3H3,(H,16,17). The Labute approximate surface area is 110 Å². The van der Waals surface area contributed by atoms with E-state index in [0.29, 0.717) is 0 Å². The maximum atomic E-state index is 11.8. The number of halogens is 1. The van der Waals surface area contributed by atoms with Crippen LogP contribution in [-0.4, -0.2) is 5.91 Å². The maximum absolute atomic E-state index is 11.8. The molecular weight excluding hydrogens is 280 g/mol. The number of hydrogen-bond acceptors (Lipinski definition) is 2. The number of rotatable bonds is 2. The summed E-state index contributed by atoms with van der Waals surface area (Å²) in [7, 11) is 0. The van der Waals surface area contributed by atoms with Crippen LogP contribution in [0.5, 0.6) is 0 Å². The number of hydrogen-bond donors (Lipinski definition) is 1. The number of carbonyl (C=O) groups is 1. The van der Waals surface area contributed by atoms with Gasteiger partial charge in [0.1, 0.15) is 6.04 Å². The molecule has 90 valence electrons. The van der Waals surface area contributed by atoms with Crippen LogP contribution in [0.2, 0.25) is 0 Å². The number of amides is 1. The van der Waals surface area contributed by atoms with Crippen molar-refractivity contribution in [3.8, 4) is 6.07 Å². The van der Waals surface area contributed by atoms with E-state index >= 15 is 0 Å². The fraction of sp³-hybridized carbons (Fsp3) is 0.385. The molecule has 0 saturated carbocycles. The van der Waals surface area contributed by atoms with Crippen LogP contribution in [0.15, 0.2) is 28.7 Å². The van der Waals surface area contributed by atoms with Crippen molar-refractivity contribution in [2.75, 3.05) is 0 Å². The third-order valence-corrected chi connectivity index (χ3v) is 2.76. The molecule has 0 saturated heterocycles. The smallest absolute Gasteiger partial charge is 0.226 e. The lowest BCUT2D eigenvalue weighted by Gasteiger charge is -2.20. The topological polar surface area (TPSA) is 52.9 Å². The van der Waals surface area contributed by atoms with Crippen molar-refractivity contribution >= 4 is 21.8 Å². The van der Waals surface area contributed by atoms with Crippen LogP contribution in [0.25, 0.3) is 0 Å². The van der Waals surface area contributed by atoms with Gasteiger partial charge in [0.25, 0.3) is 0 Å². The second-order valence-corrected chi connectivity index (χ2v) is 5.76. The molecule has 1 amide bonds. The highest BCUT2D eigenvalue weighted by Gasteiger charge is 2.24. The first-order valence-electron chi connectivity index (χ1n) is 5.30. The molecule has 1 unspecified atom stereocenters. The molecule has 3 nitrogen and oxygen atoms in total. The molecule has 0 aliphatic carbocycles. The Hall–Kier alpha value is -1.34. The van der Waals surface area contributed by atoms with E-state index in [4.69, 9.17) is 5.26 Å². The van der Waals surface area contributed by atoms with Gasteiger partial charge in [-0.1, -0.05) is 48.8 Å². The first kappa shape index (κ1) is 13.7. The monoisotopic (exact) mass is 294 g/mol. The van der Waals surface area contributed by atoms with Crippen LogP contribution in [0.4, 0.5) is 0 Å². The molecule has 0 spiro atoms. The second-order valence-electron chi connectivity index (χ2n) is 4.84. The van der Waals surface area contributed by atoms with Gasteiger partial charge in [-0.25, -0.2) is 0 Å². The van der Waals surface area contributed by atoms with E-state index in [1.54, 1.807) is 0 Å². The molecule has 0 heterocycles. The molecule has 4 heteroatoms. The van der Waals surface area contributed by atoms with Crippen LogP contribution < -0.4 is 5.32 Å². The average molecular weight is 295 g/mol. The predicted octanol–water partition coefficient (Wildman–Crippen LogP) is 3.18. The van der Waals surface area contributed by atoms with Crippen molar-refractivity contribution in [2.24, 2.45) is 5.41 Å². The van der Waals surface area contributed by atoms with Gasteiger partial charge in [0.2, 0.25) is 5.91 Å². The number of carbonyl (C=O) groups excluding carboxylic acids is 1. The van der Waals surface area contributed by atoms with Gasteiger partial charge in [-0.3, -0.25) is 4.79 Å². The summed E-state index contributed by atoms with van der Waals surface area (Å²) in [6.45, 7) is 5.45. The lowest BCUT2D eigenvalue weighted by molar-refractivity contribution is -0.128. The van der Waals surface area contributed by atoms with E-state index < -0.39 is 11.5 Å². The summed E-state index contributed by atoms with van der Waals surface area (Å²) in [5, 5.41) is 11.8. The summed E-state index contributed by atoms with van der Waals surface area (Å²) in [5.74, 6) is -0.135. The Morgan fingerprint density at radius 2 is 2.12 bits per heavy atom. The molecule has 1 aromatic carbocycles. The SMILES string of the molecule is CC(C)(C)C(=O)NC(C#N)c1cccc(Br)c1. The normalized spacial score (nSPS) is 12.6. The molecular formula is C13H15BrN2O. The summed E-state index contributed by atoms with van der Waals surface area (Å²) in [4.78, 5) is 11.8. The van der Waals surface area contributed by atoms with E-state index in [1.807, 2.05) is 45.0 Å². The molecule has 0 aromatic heterocycles. The third-order valence-electron chi connectivity index (χ3n) is 2.27. The van der Waals surface area contributed by atoms with Gasteiger partial charge in [-0.05, 0) is 17.7 Å². The van der Waals surface area contributed by atoms with Crippen LogP contribution in [0.1, 0.15) is 32.4 Å². The van der Waals surface area contributed by atoms with Gasteiger partial charge in [0.15, 0.2) is 0 Å². The van der Waals surface area contributed by atoms with Gasteiger partial charge < -0.3 is 5.32 Å². The number of benzene rings is 1. The summed E-state index contributed by atoms with van der Waals surface area (Å²) in [6, 6.07) is 8.85. The molecule has 0 aliphatic rings. The van der Waals surface area contributed by atoms with E-state index in [2.05, 4.69) is 27.3 Å². The molecule has 0 fully saturated rings. The minimum atomic E-state index is -0.612. The molecule has 0 aliphatic heterocycles. The van der Waals surface area contributed by atoms with Crippen molar-refractivity contribution in [3.05, 3.63) is 34.3 Å². The van der Waals surface area contributed by atoms with E-state index in [9.17, 15) is 4.79 Å². The highest BCUT2D eigenvalue weighted by Crippen LogP contribution is 2.20. The Kier molecular flexibility index (Phi) is 4.30. The molecule has 0 radical (unpaired) electrons. The first-order chi connectivity index (χ1) is 7.84. The molecule has 17 heavy (non-hydrogen) atoms. The van der Waals surface area contributed by atoms with Gasteiger partial charge >= 0.3 is 0 Å². The summed E-state index contributed by atoms with van der Waals surface area (Å²) < 4.78 is 0.889. The van der Waals surface area contributed by atoms with E-state index in [-0.39, 0.29) is 5.91 Å². The van der Waals surface area contributed by atoms with Crippen LogP contribution in [0.3, 0.4) is 0 Å². The van der Waals surface area contributed by atoms with Crippen molar-refractivity contribution in [3.63, 3.8) is 0 Å². The Morgan fingerprint density at radius 1 is 1.47 bits per heavy atom. The minimum absolute atomic E-state index is 0.135. The van der Waals surface area contributed by atoms with Gasteiger partial charge in [0, 0.05) is 9.89 Å². The highest BCUT2D eigenvalue weighted by molar-refractivity contribution is 9.10. The van der Waals surface area contributed by atoms with Gasteiger partial charge in [0.05, 0.1) is 6.07 Å². The lowest BCUT2D eigenvalue weighted by atomic mass is 9.94. The highest BCUT2D eigenvalue weighted by atomic mass is 79.9. The third kappa shape index (κ3) is 3.86. The lowest BCUT2D eigenvalue weighted by Crippen LogP contribution is -2.36. The zero-order valence-corrected chi connectivity index (χ0v) is 11.7. The fourth-order valence-corrected chi connectivity index (χ4v) is 1.64. The van der Waals surface area contributed by atoms with Crippen molar-refractivity contribution in [1.29, 1.82) is 5.26 Å². The number of nitrogens with zero attached hydrogens (tertiary/aromatic N) is 1. The van der Waals surface area contributed by atoms with Crippen LogP contribution >= 0.6 is 15.9 Å². The molecule has 1 rings (SSSR count). The molecule has 1 N–H and O–H groups in total. The Bertz CT molecular complexity index is 457. The van der Waals surface area contributed by atoms with Crippen molar-refractivity contribution < 1.29 is 4.79 Å². The van der Waals surface area contributed by atoms with Gasteiger partial charge in [-0.15, -0.1) is 0 Å². The number of nitriles is 1. The fourth-order valence-electron chi connectivity index (χ4n) is 1.22. The average Bonchev–Trinajstić information content (AvgIpc) is 2.24. The van der Waals surface area contributed by atoms with Crippen LogP contribution in [0, 0.1) is 16.7 Å². The summed E-state index contributed by atoms with van der Waals surface area (Å²) in [6.07, 6.45) is 0. The maximum Gasteiger partial charge on any atom is 0.226 e. The van der Waals surface area contributed by atoms with Crippen LogP contribution in [-0.2, 0) is 4.79 Å². The first-order valence-corrected chi connectivity index (χ1v) is 6.10. The Morgan fingerprint density at radius 3 is 2.59 bits per heavy atom. The second kappa shape index (κ2) is 5.33. The molecule has 1 aromatic rings. The molecule has 1 atom stereocenters. The van der Waals surface area contributed by atoms with E-state index in [1.165, 1.54) is 0 Å². The quantitative estimate of drug-likeness (QED) is 0.911. The van der Waals surface area contributed by atoms with Gasteiger partial charge in [-0.2, -0.15) is 5.26 Å². The largest absolute Gasteiger partial charge is 0.336 e. The Balaban J connectivity index is 2.88. The van der Waals surface area contributed by atoms with Crippen molar-refractivity contribution in [2.45, 2.75) is 26.8 Å². The van der Waals surface area contributed by atoms with E-state index in [0.717, 1.165) is 10.0 Å².